The predicted octanol–water partition coefficient (Wildman–Crippen LogP) is 5.26. The molecule has 2 aliphatic heterocycles. The second-order valence-corrected chi connectivity index (χ2v) is 9.27. The highest BCUT2D eigenvalue weighted by atomic mass is 19.1. The minimum absolute atomic E-state index is 0.0244. The molecule has 10 heteroatoms. The van der Waals surface area contributed by atoms with Gasteiger partial charge in [-0.15, -0.1) is 5.10 Å². The molecular formula is C25H25F3N6O. The Morgan fingerprint density at radius 2 is 2.14 bits per heavy atom. The Kier molecular flexibility index (Phi) is 4.82. The van der Waals surface area contributed by atoms with Crippen LogP contribution in [0.4, 0.5) is 13.2 Å². The summed E-state index contributed by atoms with van der Waals surface area (Å²) >= 11 is 0. The van der Waals surface area contributed by atoms with Gasteiger partial charge < -0.3 is 4.74 Å². The van der Waals surface area contributed by atoms with Gasteiger partial charge in [0, 0.05) is 43.0 Å². The van der Waals surface area contributed by atoms with Crippen molar-refractivity contribution in [3.8, 4) is 22.5 Å². The van der Waals surface area contributed by atoms with Gasteiger partial charge in [-0.05, 0) is 50.3 Å². The van der Waals surface area contributed by atoms with Gasteiger partial charge in [-0.1, -0.05) is 6.90 Å². The van der Waals surface area contributed by atoms with Gasteiger partial charge in [-0.3, -0.25) is 14.1 Å². The molecule has 0 saturated carbocycles. The summed E-state index contributed by atoms with van der Waals surface area (Å²) in [5.41, 5.74) is 1.66. The summed E-state index contributed by atoms with van der Waals surface area (Å²) in [6, 6.07) is 4.43. The lowest BCUT2D eigenvalue weighted by atomic mass is 9.82. The molecule has 6 rings (SSSR count). The molecule has 2 aliphatic rings. The van der Waals surface area contributed by atoms with Crippen molar-refractivity contribution < 1.29 is 20.6 Å². The fourth-order valence-corrected chi connectivity index (χ4v) is 5.04. The van der Waals surface area contributed by atoms with E-state index in [2.05, 4.69) is 20.2 Å². The zero-order valence-electron chi connectivity index (χ0n) is 20.9. The summed E-state index contributed by atoms with van der Waals surface area (Å²) in [6.45, 7) is -1.62. The molecule has 3 atom stereocenters. The maximum atomic E-state index is 15.5. The number of hydrogen-bond acceptors (Lipinski definition) is 5. The first-order valence-electron chi connectivity index (χ1n) is 12.9. The standard InChI is InChI=1S/C25H25F3N6O/c1-25(13-26)9-7-18-20(22(31-33(18)14-25)17-6-5-15(27)12-30-17)16-8-10-29-24-21(16)23(28)32-34(24)19-4-2-3-11-35-19/h5-6,8,10,12,19H,2-4,7,9,11,13-14H2,1H3/i1D,13D. The van der Waals surface area contributed by atoms with E-state index in [0.29, 0.717) is 53.3 Å². The Hall–Kier alpha value is -3.27. The van der Waals surface area contributed by atoms with Crippen LogP contribution in [0.5, 0.6) is 0 Å². The summed E-state index contributed by atoms with van der Waals surface area (Å²) in [6.07, 6.45) is 5.40. The topological polar surface area (TPSA) is 70.7 Å². The highest BCUT2D eigenvalue weighted by Gasteiger charge is 2.35. The van der Waals surface area contributed by atoms with Crippen LogP contribution in [-0.2, 0) is 17.7 Å². The first kappa shape index (κ1) is 20.0. The third-order valence-electron chi connectivity index (χ3n) is 6.83. The molecule has 0 amide bonds. The van der Waals surface area contributed by atoms with Gasteiger partial charge in [0.15, 0.2) is 11.9 Å². The van der Waals surface area contributed by atoms with Crippen LogP contribution in [0.3, 0.4) is 0 Å². The molecule has 0 radical (unpaired) electrons. The van der Waals surface area contributed by atoms with Crippen molar-refractivity contribution in [1.29, 1.82) is 0 Å². The van der Waals surface area contributed by atoms with Gasteiger partial charge in [0.2, 0.25) is 5.95 Å². The van der Waals surface area contributed by atoms with Gasteiger partial charge in [0.1, 0.15) is 11.5 Å². The second kappa shape index (κ2) is 8.44. The number of nitrogens with zero attached hydrogens (tertiary/aromatic N) is 6. The lowest BCUT2D eigenvalue weighted by molar-refractivity contribution is -0.0378. The van der Waals surface area contributed by atoms with Crippen molar-refractivity contribution in [2.24, 2.45) is 5.41 Å². The number of fused-ring (bicyclic) bond motifs is 2. The number of ether oxygens (including phenoxy) is 1. The van der Waals surface area contributed by atoms with E-state index in [9.17, 15) is 8.78 Å². The maximum absolute atomic E-state index is 15.5. The fourth-order valence-electron chi connectivity index (χ4n) is 5.04. The molecular weight excluding hydrogens is 457 g/mol. The van der Waals surface area contributed by atoms with Crippen molar-refractivity contribution in [3.05, 3.63) is 48.1 Å². The van der Waals surface area contributed by atoms with E-state index in [1.54, 1.807) is 16.9 Å². The van der Waals surface area contributed by atoms with E-state index in [-0.39, 0.29) is 25.3 Å². The van der Waals surface area contributed by atoms with Crippen molar-refractivity contribution in [1.82, 2.24) is 29.5 Å². The van der Waals surface area contributed by atoms with Gasteiger partial charge >= 0.3 is 0 Å². The molecule has 7 nitrogen and oxygen atoms in total. The molecule has 4 aromatic rings. The molecule has 0 N–H and O–H groups in total. The molecule has 1 fully saturated rings. The third-order valence-corrected chi connectivity index (χ3v) is 6.83. The molecule has 3 unspecified atom stereocenters. The average Bonchev–Trinajstić information content (AvgIpc) is 3.47. The van der Waals surface area contributed by atoms with Gasteiger partial charge in [-0.2, -0.15) is 9.49 Å². The quantitative estimate of drug-likeness (QED) is 0.395. The fraction of sp³-hybridized carbons (Fsp3) is 0.440. The number of pyridine rings is 2. The summed E-state index contributed by atoms with van der Waals surface area (Å²) in [5, 5.41) is 9.04. The molecule has 0 spiro atoms. The van der Waals surface area contributed by atoms with Gasteiger partial charge in [-0.25, -0.2) is 14.1 Å². The molecule has 35 heavy (non-hydrogen) atoms. The summed E-state index contributed by atoms with van der Waals surface area (Å²) in [7, 11) is 0. The first-order valence-corrected chi connectivity index (χ1v) is 11.6. The Bertz CT molecular complexity index is 1450. The first-order chi connectivity index (χ1) is 17.9. The molecule has 182 valence electrons. The lowest BCUT2D eigenvalue weighted by Gasteiger charge is -2.31. The number of halogens is 3. The Balaban J connectivity index is 1.57. The predicted molar refractivity (Wildman–Crippen MR) is 123 cm³/mol. The zero-order valence-corrected chi connectivity index (χ0v) is 18.9. The van der Waals surface area contributed by atoms with Crippen LogP contribution < -0.4 is 0 Å². The minimum Gasteiger partial charge on any atom is -0.356 e. The molecule has 0 bridgehead atoms. The smallest absolute Gasteiger partial charge is 0.242 e. The molecule has 1 saturated heterocycles. The maximum Gasteiger partial charge on any atom is 0.242 e. The summed E-state index contributed by atoms with van der Waals surface area (Å²) < 4.78 is 68.1. The van der Waals surface area contributed by atoms with Crippen molar-refractivity contribution in [2.45, 2.75) is 51.8 Å². The Morgan fingerprint density at radius 3 is 2.89 bits per heavy atom. The minimum atomic E-state index is -1.95. The van der Waals surface area contributed by atoms with Crippen molar-refractivity contribution >= 4 is 11.0 Å². The highest BCUT2D eigenvalue weighted by Crippen LogP contribution is 2.43. The van der Waals surface area contributed by atoms with Crippen LogP contribution in [0.15, 0.2) is 30.6 Å². The molecule has 0 aromatic carbocycles. The summed E-state index contributed by atoms with van der Waals surface area (Å²) in [5.74, 6) is -1.21. The van der Waals surface area contributed by atoms with E-state index in [4.69, 9.17) is 7.48 Å². The largest absolute Gasteiger partial charge is 0.356 e. The van der Waals surface area contributed by atoms with Gasteiger partial charge in [0.25, 0.3) is 0 Å². The van der Waals surface area contributed by atoms with Crippen LogP contribution in [0, 0.1) is 17.2 Å². The zero-order chi connectivity index (χ0) is 25.7. The van der Waals surface area contributed by atoms with Crippen LogP contribution in [0.2, 0.25) is 0 Å². The van der Waals surface area contributed by atoms with Crippen LogP contribution in [0.1, 0.15) is 47.2 Å². The molecule has 6 heterocycles. The van der Waals surface area contributed by atoms with Gasteiger partial charge in [0.05, 0.1) is 25.3 Å². The van der Waals surface area contributed by atoms with E-state index >= 15 is 4.39 Å². The van der Waals surface area contributed by atoms with E-state index in [1.807, 2.05) is 0 Å². The number of alkyl halides is 1. The Morgan fingerprint density at radius 1 is 1.23 bits per heavy atom. The second-order valence-electron chi connectivity index (χ2n) is 9.27. The number of aromatic nitrogens is 6. The average molecular weight is 485 g/mol. The van der Waals surface area contributed by atoms with E-state index in [0.717, 1.165) is 19.0 Å². The van der Waals surface area contributed by atoms with E-state index in [1.165, 1.54) is 16.8 Å². The molecule has 0 aliphatic carbocycles. The van der Waals surface area contributed by atoms with Crippen LogP contribution in [-0.4, -0.2) is 42.8 Å². The van der Waals surface area contributed by atoms with Crippen molar-refractivity contribution in [2.75, 3.05) is 13.3 Å². The normalized spacial score (nSPS) is 24.1. The van der Waals surface area contributed by atoms with Crippen LogP contribution in [0.25, 0.3) is 33.5 Å². The summed E-state index contributed by atoms with van der Waals surface area (Å²) in [4.78, 5) is 8.62. The Labute approximate surface area is 202 Å². The van der Waals surface area contributed by atoms with E-state index < -0.39 is 30.1 Å². The third kappa shape index (κ3) is 3.71. The molecule has 4 aromatic heterocycles. The highest BCUT2D eigenvalue weighted by molar-refractivity contribution is 5.97. The monoisotopic (exact) mass is 484 g/mol. The number of hydrogen-bond donors (Lipinski definition) is 0. The van der Waals surface area contributed by atoms with Crippen molar-refractivity contribution in [3.63, 3.8) is 0 Å². The lowest BCUT2D eigenvalue weighted by Crippen LogP contribution is -2.32. The number of rotatable bonds is 4. The SMILES string of the molecule is [2H]CC1(C([2H])F)CCc2c(-c3ccnc4c3c(F)nn4C3CCCCO3)c(-c3ccc(F)cn3)nn2C1. The van der Waals surface area contributed by atoms with Crippen LogP contribution >= 0.6 is 0 Å².